The molecule has 3 rings (SSSR count). The second-order valence-corrected chi connectivity index (χ2v) is 6.57. The van der Waals surface area contributed by atoms with Gasteiger partial charge in [-0.1, -0.05) is 24.3 Å². The zero-order valence-electron chi connectivity index (χ0n) is 14.1. The number of nitrogens with one attached hydrogen (secondary N) is 2. The molecular formula is C19H19N3O2S. The van der Waals surface area contributed by atoms with Gasteiger partial charge in [-0.3, -0.25) is 9.59 Å². The number of nitrogens with zero attached hydrogens (tertiary/aromatic N) is 1. The van der Waals surface area contributed by atoms with Gasteiger partial charge in [-0.2, -0.15) is 0 Å². The molecule has 0 bridgehead atoms. The Morgan fingerprint density at radius 2 is 1.96 bits per heavy atom. The average molecular weight is 353 g/mol. The summed E-state index contributed by atoms with van der Waals surface area (Å²) in [6.45, 7) is -0.0121. The number of aromatic amines is 1. The number of rotatable bonds is 5. The molecule has 1 aromatic heterocycles. The number of amides is 2. The molecule has 2 aromatic carbocycles. The number of H-pyrrole nitrogens is 1. The Morgan fingerprint density at radius 3 is 2.76 bits per heavy atom. The number of thioether (sulfide) groups is 1. The molecule has 6 heteroatoms. The zero-order valence-corrected chi connectivity index (χ0v) is 14.9. The highest BCUT2D eigenvalue weighted by Crippen LogP contribution is 2.20. The van der Waals surface area contributed by atoms with Gasteiger partial charge in [0.25, 0.3) is 5.91 Å². The summed E-state index contributed by atoms with van der Waals surface area (Å²) in [6.07, 6.45) is 3.66. The number of hydrogen-bond donors (Lipinski definition) is 2. The fourth-order valence-electron chi connectivity index (χ4n) is 2.64. The van der Waals surface area contributed by atoms with Gasteiger partial charge in [0.15, 0.2) is 0 Å². The third-order valence-corrected chi connectivity index (χ3v) is 4.63. The summed E-state index contributed by atoms with van der Waals surface area (Å²) in [5.41, 5.74) is 2.19. The SMILES string of the molecule is CSc1cccc(NC(=O)CN(C)C(=O)c2c[nH]c3ccccc23)c1. The highest BCUT2D eigenvalue weighted by atomic mass is 32.2. The van der Waals surface area contributed by atoms with Crippen molar-refractivity contribution in [2.24, 2.45) is 0 Å². The monoisotopic (exact) mass is 353 g/mol. The van der Waals surface area contributed by atoms with Crippen molar-refractivity contribution in [3.63, 3.8) is 0 Å². The van der Waals surface area contributed by atoms with Crippen LogP contribution in [0.3, 0.4) is 0 Å². The minimum atomic E-state index is -0.228. The molecule has 0 saturated heterocycles. The van der Waals surface area contributed by atoms with Gasteiger partial charge in [-0.15, -0.1) is 11.8 Å². The van der Waals surface area contributed by atoms with Gasteiger partial charge in [0.1, 0.15) is 0 Å². The maximum Gasteiger partial charge on any atom is 0.256 e. The molecule has 2 N–H and O–H groups in total. The summed E-state index contributed by atoms with van der Waals surface area (Å²) in [6, 6.07) is 15.2. The van der Waals surface area contributed by atoms with Crippen molar-refractivity contribution in [2.45, 2.75) is 4.90 Å². The van der Waals surface area contributed by atoms with Gasteiger partial charge in [0.2, 0.25) is 5.91 Å². The lowest BCUT2D eigenvalue weighted by Gasteiger charge is -2.16. The lowest BCUT2D eigenvalue weighted by Crippen LogP contribution is -2.34. The van der Waals surface area contributed by atoms with Crippen LogP contribution in [0.2, 0.25) is 0 Å². The Bertz CT molecular complexity index is 920. The van der Waals surface area contributed by atoms with Crippen LogP contribution >= 0.6 is 11.8 Å². The van der Waals surface area contributed by atoms with Crippen molar-refractivity contribution in [1.82, 2.24) is 9.88 Å². The number of carbonyl (C=O) groups is 2. The topological polar surface area (TPSA) is 65.2 Å². The molecule has 0 atom stereocenters. The molecule has 1 heterocycles. The van der Waals surface area contributed by atoms with Crippen molar-refractivity contribution in [3.8, 4) is 0 Å². The Hall–Kier alpha value is -2.73. The molecular weight excluding hydrogens is 334 g/mol. The molecule has 3 aromatic rings. The summed E-state index contributed by atoms with van der Waals surface area (Å²) < 4.78 is 0. The fraction of sp³-hybridized carbons (Fsp3) is 0.158. The van der Waals surface area contributed by atoms with Crippen LogP contribution < -0.4 is 5.32 Å². The van der Waals surface area contributed by atoms with Gasteiger partial charge in [0.05, 0.1) is 12.1 Å². The van der Waals surface area contributed by atoms with Crippen LogP contribution in [-0.2, 0) is 4.79 Å². The first-order chi connectivity index (χ1) is 12.1. The molecule has 128 valence electrons. The second kappa shape index (κ2) is 7.44. The van der Waals surface area contributed by atoms with E-state index < -0.39 is 0 Å². The molecule has 0 unspecified atom stereocenters. The van der Waals surface area contributed by atoms with E-state index in [-0.39, 0.29) is 18.4 Å². The number of benzene rings is 2. The van der Waals surface area contributed by atoms with Gasteiger partial charge >= 0.3 is 0 Å². The Morgan fingerprint density at radius 1 is 1.16 bits per heavy atom. The Balaban J connectivity index is 1.67. The smallest absolute Gasteiger partial charge is 0.256 e. The molecule has 0 aliphatic carbocycles. The number of aromatic nitrogens is 1. The molecule has 0 spiro atoms. The molecule has 2 amide bonds. The van der Waals surface area contributed by atoms with Crippen LogP contribution in [0.5, 0.6) is 0 Å². The average Bonchev–Trinajstić information content (AvgIpc) is 3.05. The normalized spacial score (nSPS) is 10.6. The van der Waals surface area contributed by atoms with Gasteiger partial charge in [0, 0.05) is 34.7 Å². The minimum Gasteiger partial charge on any atom is -0.360 e. The van der Waals surface area contributed by atoms with E-state index in [0.717, 1.165) is 21.5 Å². The van der Waals surface area contributed by atoms with E-state index in [4.69, 9.17) is 0 Å². The number of likely N-dealkylation sites (N-methyl/N-ethyl adjacent to an activating group) is 1. The van der Waals surface area contributed by atoms with Crippen LogP contribution in [0.4, 0.5) is 5.69 Å². The van der Waals surface area contributed by atoms with Crippen molar-refractivity contribution in [3.05, 3.63) is 60.3 Å². The summed E-state index contributed by atoms with van der Waals surface area (Å²) in [4.78, 5) is 30.4. The summed E-state index contributed by atoms with van der Waals surface area (Å²) in [5.74, 6) is -0.417. The Kier molecular flexibility index (Phi) is 5.09. The number of fused-ring (bicyclic) bond motifs is 1. The largest absolute Gasteiger partial charge is 0.360 e. The van der Waals surface area contributed by atoms with Gasteiger partial charge in [-0.25, -0.2) is 0 Å². The van der Waals surface area contributed by atoms with E-state index in [2.05, 4.69) is 10.3 Å². The predicted octanol–water partition coefficient (Wildman–Crippen LogP) is 3.60. The van der Waals surface area contributed by atoms with E-state index in [1.807, 2.05) is 54.8 Å². The number of hydrogen-bond acceptors (Lipinski definition) is 3. The second-order valence-electron chi connectivity index (χ2n) is 5.69. The van der Waals surface area contributed by atoms with Crippen molar-refractivity contribution in [2.75, 3.05) is 25.2 Å². The molecule has 0 aliphatic heterocycles. The van der Waals surface area contributed by atoms with Gasteiger partial charge in [-0.05, 0) is 30.5 Å². The number of carbonyl (C=O) groups excluding carboxylic acids is 2. The zero-order chi connectivity index (χ0) is 17.8. The first kappa shape index (κ1) is 17.1. The standard InChI is InChI=1S/C19H19N3O2S/c1-22(12-18(23)21-13-6-5-7-14(10-13)25-2)19(24)16-11-20-17-9-4-3-8-15(16)17/h3-11,20H,12H2,1-2H3,(H,21,23). The molecule has 0 radical (unpaired) electrons. The van der Waals surface area contributed by atoms with E-state index >= 15 is 0 Å². The van der Waals surface area contributed by atoms with E-state index in [1.54, 1.807) is 25.0 Å². The maximum absolute atomic E-state index is 12.6. The van der Waals surface area contributed by atoms with Gasteiger partial charge < -0.3 is 15.2 Å². The summed E-state index contributed by atoms with van der Waals surface area (Å²) in [5, 5.41) is 3.69. The Labute approximate surface area is 150 Å². The number of anilines is 1. The van der Waals surface area contributed by atoms with E-state index in [0.29, 0.717) is 5.56 Å². The van der Waals surface area contributed by atoms with E-state index in [1.165, 1.54) is 4.90 Å². The molecule has 5 nitrogen and oxygen atoms in total. The highest BCUT2D eigenvalue weighted by molar-refractivity contribution is 7.98. The molecule has 0 fully saturated rings. The van der Waals surface area contributed by atoms with Crippen molar-refractivity contribution >= 4 is 40.2 Å². The first-order valence-corrected chi connectivity index (χ1v) is 9.06. The van der Waals surface area contributed by atoms with E-state index in [9.17, 15) is 9.59 Å². The number of para-hydroxylation sites is 1. The minimum absolute atomic E-state index is 0.0121. The highest BCUT2D eigenvalue weighted by Gasteiger charge is 2.18. The first-order valence-electron chi connectivity index (χ1n) is 7.84. The summed E-state index contributed by atoms with van der Waals surface area (Å²) >= 11 is 1.61. The van der Waals surface area contributed by atoms with Crippen LogP contribution in [-0.4, -0.2) is 41.5 Å². The summed E-state index contributed by atoms with van der Waals surface area (Å²) in [7, 11) is 1.63. The van der Waals surface area contributed by atoms with Crippen molar-refractivity contribution in [1.29, 1.82) is 0 Å². The predicted molar refractivity (Wildman–Crippen MR) is 102 cm³/mol. The third-order valence-electron chi connectivity index (χ3n) is 3.90. The molecule has 0 saturated carbocycles. The van der Waals surface area contributed by atoms with Crippen LogP contribution in [0, 0.1) is 0 Å². The molecule has 25 heavy (non-hydrogen) atoms. The maximum atomic E-state index is 12.6. The lowest BCUT2D eigenvalue weighted by atomic mass is 10.1. The van der Waals surface area contributed by atoms with Crippen LogP contribution in [0.25, 0.3) is 10.9 Å². The molecule has 0 aliphatic rings. The van der Waals surface area contributed by atoms with Crippen molar-refractivity contribution < 1.29 is 9.59 Å². The third kappa shape index (κ3) is 3.85. The van der Waals surface area contributed by atoms with Crippen LogP contribution in [0.1, 0.15) is 10.4 Å². The lowest BCUT2D eigenvalue weighted by molar-refractivity contribution is -0.116. The van der Waals surface area contributed by atoms with Crippen LogP contribution in [0.15, 0.2) is 59.6 Å². The quantitative estimate of drug-likeness (QED) is 0.689. The fourth-order valence-corrected chi connectivity index (χ4v) is 3.10.